The lowest BCUT2D eigenvalue weighted by atomic mass is 10.0. The number of nitrogens with one attached hydrogen (secondary N) is 1. The number of fused-ring (bicyclic) bond motifs is 1. The summed E-state index contributed by atoms with van der Waals surface area (Å²) in [5.74, 6) is 9.02. The fraction of sp³-hybridized carbons (Fsp3) is 0.778. The SMILES string of the molecule is Nn1c(C2C3CCCCC32)n[nH]c1=S. The summed E-state index contributed by atoms with van der Waals surface area (Å²) in [5.41, 5.74) is 0. The molecule has 2 fully saturated rings. The minimum atomic E-state index is 0.531. The Hall–Kier alpha value is -0.840. The molecule has 1 aromatic heterocycles. The van der Waals surface area contributed by atoms with E-state index in [1.165, 1.54) is 25.7 Å². The maximum atomic E-state index is 5.82. The van der Waals surface area contributed by atoms with Gasteiger partial charge in [-0.25, -0.2) is 4.68 Å². The van der Waals surface area contributed by atoms with Crippen LogP contribution in [0.25, 0.3) is 0 Å². The van der Waals surface area contributed by atoms with E-state index in [0.717, 1.165) is 17.7 Å². The highest BCUT2D eigenvalue weighted by Crippen LogP contribution is 2.60. The van der Waals surface area contributed by atoms with Crippen molar-refractivity contribution in [3.8, 4) is 0 Å². The Balaban J connectivity index is 1.91. The smallest absolute Gasteiger partial charge is 0.214 e. The van der Waals surface area contributed by atoms with E-state index in [4.69, 9.17) is 18.1 Å². The number of nitrogens with zero attached hydrogens (tertiary/aromatic N) is 2. The van der Waals surface area contributed by atoms with Gasteiger partial charge in [0.2, 0.25) is 4.77 Å². The van der Waals surface area contributed by atoms with E-state index in [1.807, 2.05) is 0 Å². The van der Waals surface area contributed by atoms with Gasteiger partial charge in [-0.1, -0.05) is 12.8 Å². The Kier molecular flexibility index (Phi) is 1.71. The fourth-order valence-corrected chi connectivity index (χ4v) is 3.07. The van der Waals surface area contributed by atoms with Crippen molar-refractivity contribution in [3.05, 3.63) is 10.6 Å². The molecule has 5 heteroatoms. The van der Waals surface area contributed by atoms with Crippen molar-refractivity contribution < 1.29 is 0 Å². The number of nitrogen functional groups attached to an aromatic ring is 1. The van der Waals surface area contributed by atoms with E-state index in [0.29, 0.717) is 10.7 Å². The van der Waals surface area contributed by atoms with Crippen LogP contribution < -0.4 is 5.84 Å². The second kappa shape index (κ2) is 2.82. The summed E-state index contributed by atoms with van der Waals surface area (Å²) >= 11 is 5.01. The number of nitrogens with two attached hydrogens (primary N) is 1. The van der Waals surface area contributed by atoms with Crippen LogP contribution in [0.5, 0.6) is 0 Å². The van der Waals surface area contributed by atoms with Crippen LogP contribution in [-0.2, 0) is 0 Å². The normalized spacial score (nSPS) is 35.3. The summed E-state index contributed by atoms with van der Waals surface area (Å²) in [6.07, 6.45) is 5.42. The van der Waals surface area contributed by atoms with Gasteiger partial charge in [-0.3, -0.25) is 5.10 Å². The first-order valence-corrected chi connectivity index (χ1v) is 5.62. The van der Waals surface area contributed by atoms with Crippen molar-refractivity contribution >= 4 is 12.2 Å². The number of aromatic amines is 1. The Morgan fingerprint density at radius 2 is 2.00 bits per heavy atom. The van der Waals surface area contributed by atoms with Crippen LogP contribution in [0.4, 0.5) is 0 Å². The predicted molar refractivity (Wildman–Crippen MR) is 55.8 cm³/mol. The van der Waals surface area contributed by atoms with Crippen LogP contribution >= 0.6 is 12.2 Å². The van der Waals surface area contributed by atoms with E-state index >= 15 is 0 Å². The summed E-state index contributed by atoms with van der Waals surface area (Å²) in [7, 11) is 0. The van der Waals surface area contributed by atoms with Crippen molar-refractivity contribution in [2.45, 2.75) is 31.6 Å². The van der Waals surface area contributed by atoms with E-state index in [1.54, 1.807) is 4.68 Å². The third-order valence-electron chi connectivity index (χ3n) is 3.69. The average molecular weight is 210 g/mol. The third-order valence-corrected chi connectivity index (χ3v) is 3.97. The third kappa shape index (κ3) is 1.05. The first-order valence-electron chi connectivity index (χ1n) is 5.21. The molecular formula is C9H14N4S. The highest BCUT2D eigenvalue weighted by Gasteiger charge is 2.53. The van der Waals surface area contributed by atoms with Gasteiger partial charge < -0.3 is 5.84 Å². The van der Waals surface area contributed by atoms with E-state index < -0.39 is 0 Å². The van der Waals surface area contributed by atoms with Crippen molar-refractivity contribution in [1.82, 2.24) is 14.9 Å². The van der Waals surface area contributed by atoms with Crippen molar-refractivity contribution in [3.63, 3.8) is 0 Å². The Morgan fingerprint density at radius 3 is 2.50 bits per heavy atom. The molecule has 0 radical (unpaired) electrons. The van der Waals surface area contributed by atoms with Crippen LogP contribution in [0, 0.1) is 16.6 Å². The maximum absolute atomic E-state index is 5.82. The molecule has 2 unspecified atom stereocenters. The highest BCUT2D eigenvalue weighted by atomic mass is 32.1. The van der Waals surface area contributed by atoms with Crippen molar-refractivity contribution in [2.24, 2.45) is 11.8 Å². The van der Waals surface area contributed by atoms with Gasteiger partial charge in [0, 0.05) is 5.92 Å². The number of hydrogen-bond donors (Lipinski definition) is 2. The minimum Gasteiger partial charge on any atom is -0.335 e. The highest BCUT2D eigenvalue weighted by molar-refractivity contribution is 7.71. The summed E-state index contributed by atoms with van der Waals surface area (Å²) in [6, 6.07) is 0. The number of aromatic nitrogens is 3. The molecule has 14 heavy (non-hydrogen) atoms. The van der Waals surface area contributed by atoms with Gasteiger partial charge in [-0.05, 0) is 36.9 Å². The summed E-state index contributed by atoms with van der Waals surface area (Å²) in [5, 5.41) is 6.98. The molecule has 0 aliphatic heterocycles. The zero-order valence-corrected chi connectivity index (χ0v) is 8.76. The molecule has 2 aliphatic carbocycles. The van der Waals surface area contributed by atoms with Crippen LogP contribution in [-0.4, -0.2) is 14.9 Å². The quantitative estimate of drug-likeness (QED) is 0.546. The lowest BCUT2D eigenvalue weighted by Gasteiger charge is -2.04. The number of rotatable bonds is 1. The average Bonchev–Trinajstić information content (AvgIpc) is 2.84. The molecule has 2 atom stereocenters. The molecule has 3 N–H and O–H groups in total. The van der Waals surface area contributed by atoms with Crippen LogP contribution in [0.2, 0.25) is 0 Å². The topological polar surface area (TPSA) is 59.6 Å². The Labute approximate surface area is 87.5 Å². The van der Waals surface area contributed by atoms with Gasteiger partial charge in [0.1, 0.15) is 0 Å². The van der Waals surface area contributed by atoms with E-state index in [9.17, 15) is 0 Å². The van der Waals surface area contributed by atoms with Gasteiger partial charge in [-0.2, -0.15) is 5.10 Å². The molecule has 1 heterocycles. The van der Waals surface area contributed by atoms with Crippen LogP contribution in [0.15, 0.2) is 0 Å². The van der Waals surface area contributed by atoms with Crippen molar-refractivity contribution in [2.75, 3.05) is 5.84 Å². The zero-order valence-electron chi connectivity index (χ0n) is 7.94. The Bertz CT molecular complexity index is 395. The molecule has 0 aromatic carbocycles. The van der Waals surface area contributed by atoms with E-state index in [-0.39, 0.29) is 0 Å². The maximum Gasteiger partial charge on any atom is 0.214 e. The van der Waals surface area contributed by atoms with Gasteiger partial charge in [0.15, 0.2) is 5.82 Å². The molecule has 2 saturated carbocycles. The molecule has 4 nitrogen and oxygen atoms in total. The minimum absolute atomic E-state index is 0.531. The lowest BCUT2D eigenvalue weighted by Crippen LogP contribution is -2.12. The number of hydrogen-bond acceptors (Lipinski definition) is 3. The van der Waals surface area contributed by atoms with Crippen LogP contribution in [0.1, 0.15) is 37.4 Å². The van der Waals surface area contributed by atoms with Gasteiger partial charge in [-0.15, -0.1) is 0 Å². The molecule has 2 aliphatic rings. The second-order valence-electron chi connectivity index (χ2n) is 4.39. The van der Waals surface area contributed by atoms with Gasteiger partial charge >= 0.3 is 0 Å². The van der Waals surface area contributed by atoms with Gasteiger partial charge in [0.25, 0.3) is 0 Å². The summed E-state index contributed by atoms with van der Waals surface area (Å²) in [6.45, 7) is 0. The monoisotopic (exact) mass is 210 g/mol. The van der Waals surface area contributed by atoms with Crippen molar-refractivity contribution in [1.29, 1.82) is 0 Å². The van der Waals surface area contributed by atoms with E-state index in [2.05, 4.69) is 10.2 Å². The molecule has 0 bridgehead atoms. The molecular weight excluding hydrogens is 196 g/mol. The van der Waals surface area contributed by atoms with Crippen LogP contribution in [0.3, 0.4) is 0 Å². The summed E-state index contributed by atoms with van der Waals surface area (Å²) in [4.78, 5) is 0. The molecule has 1 aromatic rings. The molecule has 0 amide bonds. The zero-order chi connectivity index (χ0) is 9.71. The molecule has 0 spiro atoms. The largest absolute Gasteiger partial charge is 0.335 e. The van der Waals surface area contributed by atoms with Gasteiger partial charge in [0.05, 0.1) is 0 Å². The Morgan fingerprint density at radius 1 is 1.36 bits per heavy atom. The lowest BCUT2D eigenvalue weighted by molar-refractivity contribution is 0.480. The predicted octanol–water partition coefficient (Wildman–Crippen LogP) is 1.56. The first-order chi connectivity index (χ1) is 6.79. The standard InChI is InChI=1S/C9H14N4S/c10-13-8(11-12-9(13)14)7-5-3-1-2-4-6(5)7/h5-7H,1-4,10H2,(H,12,14). The molecule has 0 saturated heterocycles. The molecule has 3 rings (SSSR count). The second-order valence-corrected chi connectivity index (χ2v) is 4.78. The first kappa shape index (κ1) is 8.47. The summed E-state index contributed by atoms with van der Waals surface area (Å²) < 4.78 is 2.07. The fourth-order valence-electron chi connectivity index (χ4n) is 2.93. The molecule has 76 valence electrons. The number of H-pyrrole nitrogens is 1.